The average molecular weight is 373 g/mol. The van der Waals surface area contributed by atoms with Gasteiger partial charge in [-0.3, -0.25) is 14.7 Å². The smallest absolute Gasteiger partial charge is 0.237 e. The molecule has 138 valence electrons. The third-order valence-corrected chi connectivity index (χ3v) is 5.09. The fourth-order valence-electron chi connectivity index (χ4n) is 3.19. The lowest BCUT2D eigenvalue weighted by molar-refractivity contribution is -0.125. The van der Waals surface area contributed by atoms with Gasteiger partial charge in [0.2, 0.25) is 5.91 Å². The van der Waals surface area contributed by atoms with E-state index in [1.54, 1.807) is 6.20 Å². The van der Waals surface area contributed by atoms with Crippen LogP contribution in [0.2, 0.25) is 5.02 Å². The van der Waals surface area contributed by atoms with E-state index < -0.39 is 0 Å². The van der Waals surface area contributed by atoms with Crippen LogP contribution in [0.15, 0.2) is 48.7 Å². The van der Waals surface area contributed by atoms with Gasteiger partial charge in [-0.05, 0) is 43.3 Å². The molecule has 2 aromatic rings. The van der Waals surface area contributed by atoms with Gasteiger partial charge in [-0.2, -0.15) is 0 Å². The van der Waals surface area contributed by atoms with Gasteiger partial charge in [0, 0.05) is 61.7 Å². The van der Waals surface area contributed by atoms with Gasteiger partial charge < -0.3 is 10.2 Å². The van der Waals surface area contributed by atoms with Crippen molar-refractivity contribution in [2.75, 3.05) is 37.6 Å². The minimum atomic E-state index is -0.119. The van der Waals surface area contributed by atoms with Gasteiger partial charge in [-0.25, -0.2) is 0 Å². The molecule has 1 atom stereocenters. The number of carbonyl (C=O) groups excluding carboxylic acids is 1. The lowest BCUT2D eigenvalue weighted by Crippen LogP contribution is -2.54. The van der Waals surface area contributed by atoms with Crippen molar-refractivity contribution in [3.63, 3.8) is 0 Å². The Morgan fingerprint density at radius 1 is 1.15 bits per heavy atom. The van der Waals surface area contributed by atoms with E-state index in [-0.39, 0.29) is 11.9 Å². The Morgan fingerprint density at radius 3 is 2.54 bits per heavy atom. The Bertz CT molecular complexity index is 700. The first-order chi connectivity index (χ1) is 12.6. The van der Waals surface area contributed by atoms with Gasteiger partial charge in [0.05, 0.1) is 6.04 Å². The molecule has 0 aliphatic carbocycles. The fourth-order valence-corrected chi connectivity index (χ4v) is 3.32. The number of anilines is 1. The van der Waals surface area contributed by atoms with Crippen LogP contribution in [0.5, 0.6) is 0 Å². The topological polar surface area (TPSA) is 48.5 Å². The molecule has 1 aliphatic rings. The zero-order valence-electron chi connectivity index (χ0n) is 15.1. The number of hydrogen-bond donors (Lipinski definition) is 1. The van der Waals surface area contributed by atoms with Crippen molar-refractivity contribution in [1.82, 2.24) is 15.2 Å². The highest BCUT2D eigenvalue weighted by molar-refractivity contribution is 6.30. The normalized spacial score (nSPS) is 16.3. The Kier molecular flexibility index (Phi) is 6.47. The lowest BCUT2D eigenvalue weighted by Gasteiger charge is -2.38. The van der Waals surface area contributed by atoms with E-state index in [9.17, 15) is 4.79 Å². The summed E-state index contributed by atoms with van der Waals surface area (Å²) in [7, 11) is 0. The molecule has 0 spiro atoms. The quantitative estimate of drug-likeness (QED) is 0.846. The third kappa shape index (κ3) is 4.96. The highest BCUT2D eigenvalue weighted by Crippen LogP contribution is 2.20. The van der Waals surface area contributed by atoms with Crippen LogP contribution in [-0.2, 0) is 11.2 Å². The first kappa shape index (κ1) is 18.7. The van der Waals surface area contributed by atoms with Crippen molar-refractivity contribution in [3.05, 3.63) is 59.4 Å². The Morgan fingerprint density at radius 2 is 1.88 bits per heavy atom. The van der Waals surface area contributed by atoms with E-state index in [1.165, 1.54) is 5.69 Å². The van der Waals surface area contributed by atoms with Gasteiger partial charge in [-0.15, -0.1) is 0 Å². The van der Waals surface area contributed by atoms with Crippen LogP contribution in [0, 0.1) is 0 Å². The molecule has 1 unspecified atom stereocenters. The molecule has 3 rings (SSSR count). The van der Waals surface area contributed by atoms with Gasteiger partial charge in [0.15, 0.2) is 0 Å². The molecule has 1 aromatic heterocycles. The SMILES string of the molecule is CC(C(=O)NCCc1ccccn1)N1CCN(c2ccc(Cl)cc2)CC1. The number of nitrogens with one attached hydrogen (secondary N) is 1. The highest BCUT2D eigenvalue weighted by atomic mass is 35.5. The lowest BCUT2D eigenvalue weighted by atomic mass is 10.2. The molecule has 1 fully saturated rings. The van der Waals surface area contributed by atoms with Crippen LogP contribution in [-0.4, -0.2) is 54.6 Å². The summed E-state index contributed by atoms with van der Waals surface area (Å²) in [6.45, 7) is 6.16. The maximum atomic E-state index is 12.4. The summed E-state index contributed by atoms with van der Waals surface area (Å²) in [5.41, 5.74) is 2.18. The number of aromatic nitrogens is 1. The standard InChI is InChI=1S/C20H25ClN4O/c1-16(20(26)23-11-9-18-4-2-3-10-22-18)24-12-14-25(15-13-24)19-7-5-17(21)6-8-19/h2-8,10,16H,9,11-15H2,1H3,(H,23,26). The summed E-state index contributed by atoms with van der Waals surface area (Å²) < 4.78 is 0. The summed E-state index contributed by atoms with van der Waals surface area (Å²) in [4.78, 5) is 21.3. The highest BCUT2D eigenvalue weighted by Gasteiger charge is 2.25. The molecule has 1 aliphatic heterocycles. The van der Waals surface area contributed by atoms with Crippen LogP contribution in [0.25, 0.3) is 0 Å². The van der Waals surface area contributed by atoms with Crippen molar-refractivity contribution in [2.24, 2.45) is 0 Å². The van der Waals surface area contributed by atoms with E-state index in [0.29, 0.717) is 6.54 Å². The maximum absolute atomic E-state index is 12.4. The molecule has 6 heteroatoms. The summed E-state index contributed by atoms with van der Waals surface area (Å²) in [6.07, 6.45) is 2.53. The molecule has 1 saturated heterocycles. The van der Waals surface area contributed by atoms with Gasteiger partial charge in [0.25, 0.3) is 0 Å². The Labute approximate surface area is 160 Å². The second-order valence-electron chi connectivity index (χ2n) is 6.54. The second-order valence-corrected chi connectivity index (χ2v) is 6.97. The number of rotatable bonds is 6. The van der Waals surface area contributed by atoms with E-state index in [2.05, 4.69) is 20.1 Å². The first-order valence-electron chi connectivity index (χ1n) is 9.05. The Hall–Kier alpha value is -2.11. The number of hydrogen-bond acceptors (Lipinski definition) is 4. The number of pyridine rings is 1. The predicted molar refractivity (Wildman–Crippen MR) is 106 cm³/mol. The van der Waals surface area contributed by atoms with Crippen LogP contribution in [0.4, 0.5) is 5.69 Å². The molecule has 0 saturated carbocycles. The molecule has 5 nitrogen and oxygen atoms in total. The largest absolute Gasteiger partial charge is 0.369 e. The summed E-state index contributed by atoms with van der Waals surface area (Å²) in [5, 5.41) is 3.78. The van der Waals surface area contributed by atoms with E-state index in [4.69, 9.17) is 11.6 Å². The van der Waals surface area contributed by atoms with Crippen LogP contribution in [0.1, 0.15) is 12.6 Å². The molecular formula is C20H25ClN4O. The van der Waals surface area contributed by atoms with E-state index >= 15 is 0 Å². The average Bonchev–Trinajstić information content (AvgIpc) is 2.69. The minimum Gasteiger partial charge on any atom is -0.369 e. The van der Waals surface area contributed by atoms with Crippen molar-refractivity contribution >= 4 is 23.2 Å². The molecule has 0 radical (unpaired) electrons. The Balaban J connectivity index is 1.43. The number of carbonyl (C=O) groups is 1. The van der Waals surface area contributed by atoms with Crippen LogP contribution >= 0.6 is 11.6 Å². The summed E-state index contributed by atoms with van der Waals surface area (Å²) >= 11 is 5.96. The van der Waals surface area contributed by atoms with Crippen molar-refractivity contribution in [3.8, 4) is 0 Å². The number of nitrogens with zero attached hydrogens (tertiary/aromatic N) is 3. The summed E-state index contributed by atoms with van der Waals surface area (Å²) in [5.74, 6) is 0.0841. The number of halogens is 1. The number of amides is 1. The molecular weight excluding hydrogens is 348 g/mol. The zero-order valence-corrected chi connectivity index (χ0v) is 15.8. The summed E-state index contributed by atoms with van der Waals surface area (Å²) in [6, 6.07) is 13.7. The molecule has 1 amide bonds. The number of piperazine rings is 1. The predicted octanol–water partition coefficient (Wildman–Crippen LogP) is 2.60. The second kappa shape index (κ2) is 9.01. The monoisotopic (exact) mass is 372 g/mol. The van der Waals surface area contributed by atoms with Crippen molar-refractivity contribution < 1.29 is 4.79 Å². The van der Waals surface area contributed by atoms with Crippen molar-refractivity contribution in [1.29, 1.82) is 0 Å². The number of benzene rings is 1. The van der Waals surface area contributed by atoms with Gasteiger partial charge >= 0.3 is 0 Å². The molecule has 26 heavy (non-hydrogen) atoms. The third-order valence-electron chi connectivity index (χ3n) is 4.84. The van der Waals surface area contributed by atoms with Crippen molar-refractivity contribution in [2.45, 2.75) is 19.4 Å². The molecule has 0 bridgehead atoms. The van der Waals surface area contributed by atoms with E-state index in [0.717, 1.165) is 43.3 Å². The van der Waals surface area contributed by atoms with E-state index in [1.807, 2.05) is 49.4 Å². The van der Waals surface area contributed by atoms with Gasteiger partial charge in [-0.1, -0.05) is 17.7 Å². The van der Waals surface area contributed by atoms with Crippen LogP contribution in [0.3, 0.4) is 0 Å². The maximum Gasteiger partial charge on any atom is 0.237 e. The fraction of sp³-hybridized carbons (Fsp3) is 0.400. The first-order valence-corrected chi connectivity index (χ1v) is 9.43. The molecule has 2 heterocycles. The molecule has 1 aromatic carbocycles. The van der Waals surface area contributed by atoms with Crippen LogP contribution < -0.4 is 10.2 Å². The molecule has 1 N–H and O–H groups in total. The van der Waals surface area contributed by atoms with Gasteiger partial charge in [0.1, 0.15) is 0 Å². The minimum absolute atomic E-state index is 0.0841. The zero-order chi connectivity index (χ0) is 18.4.